The van der Waals surface area contributed by atoms with Crippen molar-refractivity contribution in [3.8, 4) is 11.1 Å². The average Bonchev–Trinajstić information content (AvgIpc) is 3.25. The van der Waals surface area contributed by atoms with Crippen molar-refractivity contribution in [2.24, 2.45) is 5.92 Å². The average molecular weight is 563 g/mol. The van der Waals surface area contributed by atoms with Gasteiger partial charge in [-0.2, -0.15) is 0 Å². The molecule has 0 saturated carbocycles. The number of allylic oxidation sites excluding steroid dienone is 8. The quantitative estimate of drug-likeness (QED) is 0.145. The summed E-state index contributed by atoms with van der Waals surface area (Å²) in [5, 5.41) is 8.11. The topological polar surface area (TPSA) is 0 Å². The molecule has 0 aromatic heterocycles. The predicted octanol–water partition coefficient (Wildman–Crippen LogP) is 11.9. The number of benzene rings is 6. The van der Waals surface area contributed by atoms with Crippen LogP contribution in [0, 0.1) is 12.8 Å². The largest absolute Gasteiger partial charge is 0.0803 e. The van der Waals surface area contributed by atoms with E-state index in [4.69, 9.17) is 0 Å². The van der Waals surface area contributed by atoms with Gasteiger partial charge in [-0.25, -0.2) is 0 Å². The van der Waals surface area contributed by atoms with Crippen LogP contribution in [0.3, 0.4) is 0 Å². The van der Waals surface area contributed by atoms with E-state index in [9.17, 15) is 0 Å². The first-order chi connectivity index (χ1) is 21.6. The first-order valence-corrected chi connectivity index (χ1v) is 16.0. The van der Waals surface area contributed by atoms with Crippen molar-refractivity contribution >= 4 is 43.5 Å². The molecule has 0 N–H and O–H groups in total. The van der Waals surface area contributed by atoms with Crippen LogP contribution in [0.5, 0.6) is 0 Å². The second-order valence-corrected chi connectivity index (χ2v) is 12.9. The lowest BCUT2D eigenvalue weighted by atomic mass is 9.69. The molecule has 6 aromatic rings. The van der Waals surface area contributed by atoms with Gasteiger partial charge in [-0.05, 0) is 107 Å². The molecule has 3 atom stereocenters. The molecule has 0 spiro atoms. The summed E-state index contributed by atoms with van der Waals surface area (Å²) in [4.78, 5) is 0. The molecule has 44 heavy (non-hydrogen) atoms. The SMILES string of the molecule is Cc1c(C2=CC=C(c3c4ccccc4c4c5c6c(ccc35)C(C)C=CC6c3ccccc3-4)C=CC2C)ccc2ccccc12. The van der Waals surface area contributed by atoms with Gasteiger partial charge >= 0.3 is 0 Å². The Balaban J connectivity index is 1.34. The molecule has 0 heteroatoms. The zero-order valence-electron chi connectivity index (χ0n) is 25.4. The summed E-state index contributed by atoms with van der Waals surface area (Å²) in [6, 6.07) is 36.3. The molecule has 0 bridgehead atoms. The van der Waals surface area contributed by atoms with Crippen molar-refractivity contribution in [3.05, 3.63) is 167 Å². The van der Waals surface area contributed by atoms with E-state index in [1.807, 2.05) is 0 Å². The lowest BCUT2D eigenvalue weighted by Crippen LogP contribution is -2.15. The van der Waals surface area contributed by atoms with Crippen LogP contribution in [0.15, 0.2) is 134 Å². The van der Waals surface area contributed by atoms with Gasteiger partial charge in [0.2, 0.25) is 0 Å². The molecule has 3 unspecified atom stereocenters. The van der Waals surface area contributed by atoms with Gasteiger partial charge in [0, 0.05) is 5.92 Å². The van der Waals surface area contributed by atoms with E-state index in [1.165, 1.54) is 88.0 Å². The van der Waals surface area contributed by atoms with E-state index in [2.05, 4.69) is 154 Å². The number of fused-ring (bicyclic) bond motifs is 6. The summed E-state index contributed by atoms with van der Waals surface area (Å²) in [7, 11) is 0. The number of rotatable bonds is 2. The number of hydrogen-bond acceptors (Lipinski definition) is 0. The second-order valence-electron chi connectivity index (χ2n) is 12.9. The van der Waals surface area contributed by atoms with Gasteiger partial charge in [0.05, 0.1) is 0 Å². The van der Waals surface area contributed by atoms with Gasteiger partial charge in [0.25, 0.3) is 0 Å². The fourth-order valence-corrected chi connectivity index (χ4v) is 8.35. The molecule has 3 aliphatic carbocycles. The Morgan fingerprint density at radius 1 is 0.523 bits per heavy atom. The Labute approximate surface area is 259 Å². The van der Waals surface area contributed by atoms with Gasteiger partial charge in [-0.1, -0.05) is 147 Å². The summed E-state index contributed by atoms with van der Waals surface area (Å²) < 4.78 is 0. The van der Waals surface area contributed by atoms with Crippen molar-refractivity contribution in [1.82, 2.24) is 0 Å². The van der Waals surface area contributed by atoms with Crippen LogP contribution in [0.25, 0.3) is 54.6 Å². The highest BCUT2D eigenvalue weighted by Crippen LogP contribution is 2.54. The Bertz CT molecular complexity index is 2320. The van der Waals surface area contributed by atoms with E-state index in [0.717, 1.165) is 0 Å². The molecule has 0 heterocycles. The van der Waals surface area contributed by atoms with Crippen LogP contribution in [0.4, 0.5) is 0 Å². The minimum atomic E-state index is 0.295. The molecule has 0 aliphatic heterocycles. The Kier molecular flexibility index (Phi) is 5.53. The molecule has 6 aromatic carbocycles. The summed E-state index contributed by atoms with van der Waals surface area (Å²) in [5.41, 5.74) is 13.9. The Hall–Kier alpha value is -4.94. The van der Waals surface area contributed by atoms with Crippen molar-refractivity contribution in [3.63, 3.8) is 0 Å². The van der Waals surface area contributed by atoms with Gasteiger partial charge in [-0.15, -0.1) is 0 Å². The summed E-state index contributed by atoms with van der Waals surface area (Å²) >= 11 is 0. The Morgan fingerprint density at radius 2 is 1.27 bits per heavy atom. The third-order valence-corrected chi connectivity index (χ3v) is 10.5. The van der Waals surface area contributed by atoms with Crippen molar-refractivity contribution in [1.29, 1.82) is 0 Å². The van der Waals surface area contributed by atoms with E-state index in [-0.39, 0.29) is 0 Å². The monoisotopic (exact) mass is 562 g/mol. The molecule has 0 radical (unpaired) electrons. The van der Waals surface area contributed by atoms with Crippen molar-refractivity contribution in [2.45, 2.75) is 32.6 Å². The Morgan fingerprint density at radius 3 is 2.14 bits per heavy atom. The summed E-state index contributed by atoms with van der Waals surface area (Å²) in [6.45, 7) is 6.94. The zero-order valence-corrected chi connectivity index (χ0v) is 25.4. The molecule has 0 amide bonds. The van der Waals surface area contributed by atoms with E-state index < -0.39 is 0 Å². The maximum Gasteiger partial charge on any atom is 0.0285 e. The lowest BCUT2D eigenvalue weighted by molar-refractivity contribution is 0.863. The molecular formula is C44H34. The first kappa shape index (κ1) is 25.5. The number of hydrogen-bond donors (Lipinski definition) is 0. The molecule has 0 nitrogen and oxygen atoms in total. The van der Waals surface area contributed by atoms with Crippen LogP contribution < -0.4 is 0 Å². The maximum atomic E-state index is 2.45. The third kappa shape index (κ3) is 3.52. The highest BCUT2D eigenvalue weighted by molar-refractivity contribution is 6.22. The molecule has 9 rings (SSSR count). The predicted molar refractivity (Wildman–Crippen MR) is 189 cm³/mol. The minimum absolute atomic E-state index is 0.295. The molecule has 3 aliphatic rings. The van der Waals surface area contributed by atoms with Gasteiger partial charge in [0.1, 0.15) is 0 Å². The highest BCUT2D eigenvalue weighted by atomic mass is 14.4. The fraction of sp³-hybridized carbons (Fsp3) is 0.136. The second kappa shape index (κ2) is 9.53. The van der Waals surface area contributed by atoms with E-state index in [1.54, 1.807) is 0 Å². The fourth-order valence-electron chi connectivity index (χ4n) is 8.35. The molecular weight excluding hydrogens is 528 g/mol. The van der Waals surface area contributed by atoms with Crippen LogP contribution in [0.1, 0.15) is 59.1 Å². The maximum absolute atomic E-state index is 2.45. The smallest absolute Gasteiger partial charge is 0.0285 e. The van der Waals surface area contributed by atoms with Gasteiger partial charge in [-0.3, -0.25) is 0 Å². The van der Waals surface area contributed by atoms with Crippen LogP contribution >= 0.6 is 0 Å². The lowest BCUT2D eigenvalue weighted by Gasteiger charge is -2.34. The third-order valence-electron chi connectivity index (χ3n) is 10.5. The van der Waals surface area contributed by atoms with E-state index in [0.29, 0.717) is 17.8 Å². The highest BCUT2D eigenvalue weighted by Gasteiger charge is 2.33. The number of aryl methyl sites for hydroxylation is 1. The summed E-state index contributed by atoms with van der Waals surface area (Å²) in [6.07, 6.45) is 14.4. The van der Waals surface area contributed by atoms with Gasteiger partial charge < -0.3 is 0 Å². The minimum Gasteiger partial charge on any atom is -0.0803 e. The van der Waals surface area contributed by atoms with Crippen LogP contribution in [0.2, 0.25) is 0 Å². The van der Waals surface area contributed by atoms with Crippen molar-refractivity contribution < 1.29 is 0 Å². The zero-order chi connectivity index (χ0) is 29.5. The normalized spacial score (nSPS) is 20.0. The first-order valence-electron chi connectivity index (χ1n) is 16.0. The molecule has 0 saturated heterocycles. The van der Waals surface area contributed by atoms with E-state index >= 15 is 0 Å². The van der Waals surface area contributed by atoms with Crippen LogP contribution in [-0.4, -0.2) is 0 Å². The van der Waals surface area contributed by atoms with Crippen molar-refractivity contribution in [2.75, 3.05) is 0 Å². The van der Waals surface area contributed by atoms with Gasteiger partial charge in [0.15, 0.2) is 0 Å². The molecule has 210 valence electrons. The summed E-state index contributed by atoms with van der Waals surface area (Å²) in [5.74, 6) is 1.00. The molecule has 0 fully saturated rings. The van der Waals surface area contributed by atoms with Crippen LogP contribution in [-0.2, 0) is 0 Å². The standard InChI is InChI=1S/C44H34/c1-26-16-18-30(20-22-31(26)34-23-19-29-10-4-5-11-33(29)28(34)3)41-37-14-8-9-15-38(37)43-36-13-7-6-12-35(36)39-21-17-27(2)32-24-25-40(41)44(43)42(32)39/h4-27,39H,1-3H3.